The summed E-state index contributed by atoms with van der Waals surface area (Å²) >= 11 is 0. The lowest BCUT2D eigenvalue weighted by atomic mass is 9.74. The van der Waals surface area contributed by atoms with E-state index in [2.05, 4.69) is 10.3 Å². The summed E-state index contributed by atoms with van der Waals surface area (Å²) in [6.07, 6.45) is 4.04. The number of fused-ring (bicyclic) bond motifs is 3. The van der Waals surface area contributed by atoms with Crippen LogP contribution in [-0.2, 0) is 17.3 Å². The SMILES string of the molecule is Cn1ccnc1[C@@H]1N(C(=O)c2cccc3c2OCCO3)CC[C@]12C(=O)Nc1ccccc12. The summed E-state index contributed by atoms with van der Waals surface area (Å²) in [4.78, 5) is 33.7. The van der Waals surface area contributed by atoms with Crippen molar-refractivity contribution in [3.8, 4) is 11.5 Å². The van der Waals surface area contributed by atoms with E-state index in [9.17, 15) is 9.59 Å². The van der Waals surface area contributed by atoms with E-state index in [0.717, 1.165) is 11.3 Å². The number of nitrogens with one attached hydrogen (secondary N) is 1. The first-order valence-corrected chi connectivity index (χ1v) is 10.7. The summed E-state index contributed by atoms with van der Waals surface area (Å²) in [6, 6.07) is 12.5. The van der Waals surface area contributed by atoms with Gasteiger partial charge in [0.15, 0.2) is 11.5 Å². The van der Waals surface area contributed by atoms with E-state index in [1.54, 1.807) is 29.3 Å². The van der Waals surface area contributed by atoms with Gasteiger partial charge in [-0.15, -0.1) is 0 Å². The van der Waals surface area contributed by atoms with Crippen molar-refractivity contribution in [3.63, 3.8) is 0 Å². The molecule has 1 spiro atoms. The molecule has 162 valence electrons. The average Bonchev–Trinajstić information content (AvgIpc) is 3.49. The molecule has 8 nitrogen and oxygen atoms in total. The highest BCUT2D eigenvalue weighted by molar-refractivity contribution is 6.08. The highest BCUT2D eigenvalue weighted by atomic mass is 16.6. The van der Waals surface area contributed by atoms with E-state index in [-0.39, 0.29) is 11.8 Å². The third-order valence-corrected chi connectivity index (χ3v) is 6.75. The van der Waals surface area contributed by atoms with Crippen LogP contribution in [0, 0.1) is 0 Å². The molecular formula is C24H22N4O4. The Morgan fingerprint density at radius 1 is 1.16 bits per heavy atom. The molecule has 1 saturated heterocycles. The quantitative estimate of drug-likeness (QED) is 0.676. The fraction of sp³-hybridized carbons (Fsp3) is 0.292. The molecule has 3 aromatic rings. The van der Waals surface area contributed by atoms with E-state index in [1.807, 2.05) is 42.1 Å². The smallest absolute Gasteiger partial charge is 0.258 e. The Morgan fingerprint density at radius 2 is 2.00 bits per heavy atom. The maximum atomic E-state index is 13.9. The molecule has 1 fully saturated rings. The Labute approximate surface area is 184 Å². The molecular weight excluding hydrogens is 408 g/mol. The third-order valence-electron chi connectivity index (χ3n) is 6.75. The number of carbonyl (C=O) groups excluding carboxylic acids is 2. The maximum Gasteiger partial charge on any atom is 0.258 e. The zero-order chi connectivity index (χ0) is 21.9. The van der Waals surface area contributed by atoms with E-state index in [4.69, 9.17) is 9.47 Å². The minimum atomic E-state index is -0.905. The van der Waals surface area contributed by atoms with Crippen LogP contribution in [0.25, 0.3) is 0 Å². The minimum Gasteiger partial charge on any atom is -0.486 e. The van der Waals surface area contributed by atoms with E-state index in [1.165, 1.54) is 0 Å². The topological polar surface area (TPSA) is 85.7 Å². The van der Waals surface area contributed by atoms with Crippen molar-refractivity contribution in [2.75, 3.05) is 25.1 Å². The molecule has 1 N–H and O–H groups in total. The summed E-state index contributed by atoms with van der Waals surface area (Å²) in [7, 11) is 1.89. The van der Waals surface area contributed by atoms with Crippen molar-refractivity contribution in [1.29, 1.82) is 0 Å². The molecule has 3 aliphatic rings. The molecule has 4 heterocycles. The first kappa shape index (κ1) is 18.9. The van der Waals surface area contributed by atoms with E-state index >= 15 is 0 Å². The Hall–Kier alpha value is -3.81. The Morgan fingerprint density at radius 3 is 2.84 bits per heavy atom. The fourth-order valence-corrected chi connectivity index (χ4v) is 5.30. The summed E-state index contributed by atoms with van der Waals surface area (Å²) in [6.45, 7) is 1.26. The summed E-state index contributed by atoms with van der Waals surface area (Å²) < 4.78 is 13.4. The number of aromatic nitrogens is 2. The molecule has 0 radical (unpaired) electrons. The van der Waals surface area contributed by atoms with Crippen LogP contribution in [0.3, 0.4) is 0 Å². The lowest BCUT2D eigenvalue weighted by Gasteiger charge is -2.34. The predicted octanol–water partition coefficient (Wildman–Crippen LogP) is 2.67. The highest BCUT2D eigenvalue weighted by Gasteiger charge is 2.60. The van der Waals surface area contributed by atoms with Gasteiger partial charge in [0.2, 0.25) is 5.91 Å². The van der Waals surface area contributed by atoms with Gasteiger partial charge >= 0.3 is 0 Å². The number of nitrogens with zero attached hydrogens (tertiary/aromatic N) is 3. The number of hydrogen-bond acceptors (Lipinski definition) is 5. The number of carbonyl (C=O) groups is 2. The molecule has 0 unspecified atom stereocenters. The Balaban J connectivity index is 1.51. The molecule has 0 aliphatic carbocycles. The second kappa shape index (κ2) is 6.85. The van der Waals surface area contributed by atoms with Crippen LogP contribution in [0.4, 0.5) is 5.69 Å². The Bertz CT molecular complexity index is 1250. The second-order valence-corrected chi connectivity index (χ2v) is 8.35. The number of benzene rings is 2. The molecule has 32 heavy (non-hydrogen) atoms. The van der Waals surface area contributed by atoms with Gasteiger partial charge in [0.1, 0.15) is 30.5 Å². The van der Waals surface area contributed by atoms with Gasteiger partial charge in [-0.1, -0.05) is 24.3 Å². The number of anilines is 1. The molecule has 8 heteroatoms. The first-order chi connectivity index (χ1) is 15.6. The number of amides is 2. The molecule has 0 bridgehead atoms. The normalized spacial score (nSPS) is 23.3. The average molecular weight is 430 g/mol. The standard InChI is InChI=1S/C24H22N4O4/c1-27-12-10-25-21(27)20-24(16-6-2-3-7-17(16)26-23(24)30)9-11-28(20)22(29)15-5-4-8-18-19(15)32-14-13-31-18/h2-8,10,12,20H,9,11,13-14H2,1H3,(H,26,30)/t20-,24+/m0/s1. The molecule has 2 amide bonds. The zero-order valence-corrected chi connectivity index (χ0v) is 17.6. The van der Waals surface area contributed by atoms with Crippen molar-refractivity contribution >= 4 is 17.5 Å². The van der Waals surface area contributed by atoms with Gasteiger partial charge in [-0.05, 0) is 30.2 Å². The van der Waals surface area contributed by atoms with E-state index < -0.39 is 11.5 Å². The van der Waals surface area contributed by atoms with Crippen LogP contribution in [0.1, 0.15) is 34.2 Å². The molecule has 1 aromatic heterocycles. The second-order valence-electron chi connectivity index (χ2n) is 8.35. The summed E-state index contributed by atoms with van der Waals surface area (Å²) in [5, 5.41) is 3.03. The molecule has 2 atom stereocenters. The van der Waals surface area contributed by atoms with Crippen LogP contribution < -0.4 is 14.8 Å². The van der Waals surface area contributed by atoms with Gasteiger partial charge in [-0.2, -0.15) is 0 Å². The van der Waals surface area contributed by atoms with Crippen molar-refractivity contribution in [1.82, 2.24) is 14.5 Å². The molecule has 0 saturated carbocycles. The number of aryl methyl sites for hydroxylation is 1. The lowest BCUT2D eigenvalue weighted by Crippen LogP contribution is -2.44. The van der Waals surface area contributed by atoms with Crippen molar-refractivity contribution in [2.45, 2.75) is 17.9 Å². The fourth-order valence-electron chi connectivity index (χ4n) is 5.30. The first-order valence-electron chi connectivity index (χ1n) is 10.7. The maximum absolute atomic E-state index is 13.9. The van der Waals surface area contributed by atoms with Gasteiger partial charge in [0.25, 0.3) is 5.91 Å². The largest absolute Gasteiger partial charge is 0.486 e. The van der Waals surface area contributed by atoms with Crippen molar-refractivity contribution in [3.05, 3.63) is 71.8 Å². The predicted molar refractivity (Wildman–Crippen MR) is 116 cm³/mol. The van der Waals surface area contributed by atoms with Crippen LogP contribution in [-0.4, -0.2) is 46.0 Å². The van der Waals surface area contributed by atoms with Crippen LogP contribution >= 0.6 is 0 Å². The van der Waals surface area contributed by atoms with Gasteiger partial charge < -0.3 is 24.3 Å². The zero-order valence-electron chi connectivity index (χ0n) is 17.6. The van der Waals surface area contributed by atoms with E-state index in [0.29, 0.717) is 49.1 Å². The van der Waals surface area contributed by atoms with Crippen LogP contribution in [0.5, 0.6) is 11.5 Å². The number of imidazole rings is 1. The van der Waals surface area contributed by atoms with Gasteiger partial charge in [0, 0.05) is 31.7 Å². The lowest BCUT2D eigenvalue weighted by molar-refractivity contribution is -0.121. The number of rotatable bonds is 2. The van der Waals surface area contributed by atoms with Crippen molar-refractivity contribution < 1.29 is 19.1 Å². The monoisotopic (exact) mass is 430 g/mol. The van der Waals surface area contributed by atoms with Crippen molar-refractivity contribution in [2.24, 2.45) is 7.05 Å². The highest BCUT2D eigenvalue weighted by Crippen LogP contribution is 2.55. The molecule has 3 aliphatic heterocycles. The van der Waals surface area contributed by atoms with Gasteiger partial charge in [-0.3, -0.25) is 9.59 Å². The molecule has 6 rings (SSSR count). The number of likely N-dealkylation sites (tertiary alicyclic amines) is 1. The number of hydrogen-bond donors (Lipinski definition) is 1. The van der Waals surface area contributed by atoms with Crippen LogP contribution in [0.2, 0.25) is 0 Å². The minimum absolute atomic E-state index is 0.100. The summed E-state index contributed by atoms with van der Waals surface area (Å²) in [5.74, 6) is 1.39. The molecule has 2 aromatic carbocycles. The third kappa shape index (κ3) is 2.46. The number of ether oxygens (including phenoxy) is 2. The number of para-hydroxylation sites is 2. The van der Waals surface area contributed by atoms with Crippen LogP contribution in [0.15, 0.2) is 54.9 Å². The van der Waals surface area contributed by atoms with Gasteiger partial charge in [0.05, 0.1) is 5.56 Å². The summed E-state index contributed by atoms with van der Waals surface area (Å²) in [5.41, 5.74) is 1.23. The van der Waals surface area contributed by atoms with Gasteiger partial charge in [-0.25, -0.2) is 4.98 Å². The Kier molecular flexibility index (Phi) is 4.05.